The van der Waals surface area contributed by atoms with E-state index in [2.05, 4.69) is 10.4 Å². The number of nitro groups is 1. The molecule has 0 spiro atoms. The summed E-state index contributed by atoms with van der Waals surface area (Å²) < 4.78 is 7.35. The zero-order valence-electron chi connectivity index (χ0n) is 17.5. The van der Waals surface area contributed by atoms with Crippen LogP contribution < -0.4 is 10.1 Å². The number of hydrogen-bond acceptors (Lipinski definition) is 6. The van der Waals surface area contributed by atoms with E-state index in [1.807, 2.05) is 68.6 Å². The molecule has 0 bridgehead atoms. The molecule has 8 nitrogen and oxygen atoms in total. The van der Waals surface area contributed by atoms with Gasteiger partial charge in [0, 0.05) is 30.1 Å². The van der Waals surface area contributed by atoms with Gasteiger partial charge in [0.15, 0.2) is 5.82 Å². The first-order valence-corrected chi connectivity index (χ1v) is 9.87. The van der Waals surface area contributed by atoms with Crippen LogP contribution in [-0.4, -0.2) is 20.7 Å². The summed E-state index contributed by atoms with van der Waals surface area (Å²) in [5, 5.41) is 18.6. The number of aromatic nitrogens is 2. The van der Waals surface area contributed by atoms with Crippen molar-refractivity contribution in [3.63, 3.8) is 0 Å². The van der Waals surface area contributed by atoms with Crippen LogP contribution in [0.15, 0.2) is 79.0 Å². The quantitative estimate of drug-likeness (QED) is 0.192. The molecule has 0 amide bonds. The number of para-hydroxylation sites is 1. The van der Waals surface area contributed by atoms with E-state index in [0.29, 0.717) is 11.6 Å². The fourth-order valence-corrected chi connectivity index (χ4v) is 3.32. The van der Waals surface area contributed by atoms with Crippen molar-refractivity contribution >= 4 is 23.2 Å². The Kier molecular flexibility index (Phi) is 5.67. The van der Waals surface area contributed by atoms with Crippen LogP contribution in [0.5, 0.6) is 5.75 Å². The fraction of sp³-hybridized carbons (Fsp3) is 0.0833. The largest absolute Gasteiger partial charge is 0.422 e. The molecule has 0 radical (unpaired) electrons. The first kappa shape index (κ1) is 20.8. The molecule has 4 rings (SSSR count). The van der Waals surface area contributed by atoms with Crippen molar-refractivity contribution in [3.8, 4) is 11.4 Å². The first-order chi connectivity index (χ1) is 15.4. The number of esters is 1. The van der Waals surface area contributed by atoms with Crippen molar-refractivity contribution in [1.82, 2.24) is 9.78 Å². The molecular formula is C24H20N4O4. The Bertz CT molecular complexity index is 1260. The van der Waals surface area contributed by atoms with Gasteiger partial charge in [-0.1, -0.05) is 18.2 Å². The molecule has 1 aromatic heterocycles. The van der Waals surface area contributed by atoms with Crippen LogP contribution in [0.2, 0.25) is 0 Å². The Morgan fingerprint density at radius 3 is 2.28 bits per heavy atom. The van der Waals surface area contributed by atoms with Crippen LogP contribution in [0.4, 0.5) is 17.2 Å². The Balaban J connectivity index is 1.49. The molecule has 160 valence electrons. The molecule has 32 heavy (non-hydrogen) atoms. The van der Waals surface area contributed by atoms with Gasteiger partial charge in [-0.15, -0.1) is 0 Å². The number of non-ortho nitro benzene ring substituents is 1. The van der Waals surface area contributed by atoms with E-state index < -0.39 is 10.9 Å². The van der Waals surface area contributed by atoms with Gasteiger partial charge in [0.1, 0.15) is 5.75 Å². The molecule has 0 unspecified atom stereocenters. The van der Waals surface area contributed by atoms with Gasteiger partial charge < -0.3 is 10.1 Å². The molecule has 0 aliphatic rings. The molecule has 1 heterocycles. The normalized spacial score (nSPS) is 10.6. The summed E-state index contributed by atoms with van der Waals surface area (Å²) in [6.07, 6.45) is 1.87. The van der Waals surface area contributed by atoms with E-state index in [1.165, 1.54) is 24.3 Å². The molecule has 0 saturated heterocycles. The van der Waals surface area contributed by atoms with Gasteiger partial charge in [0.25, 0.3) is 5.69 Å². The summed E-state index contributed by atoms with van der Waals surface area (Å²) in [4.78, 5) is 22.8. The monoisotopic (exact) mass is 428 g/mol. The lowest BCUT2D eigenvalue weighted by Crippen LogP contribution is -2.10. The number of benzene rings is 3. The molecule has 4 aromatic rings. The Hall–Kier alpha value is -4.46. The van der Waals surface area contributed by atoms with E-state index >= 15 is 0 Å². The molecule has 3 aromatic carbocycles. The van der Waals surface area contributed by atoms with E-state index in [-0.39, 0.29) is 11.3 Å². The van der Waals surface area contributed by atoms with Crippen LogP contribution >= 0.6 is 0 Å². The van der Waals surface area contributed by atoms with Crippen LogP contribution in [0, 0.1) is 24.0 Å². The lowest BCUT2D eigenvalue weighted by atomic mass is 10.1. The Morgan fingerprint density at radius 2 is 1.66 bits per heavy atom. The van der Waals surface area contributed by atoms with Crippen molar-refractivity contribution in [1.29, 1.82) is 0 Å². The number of nitro benzene ring substituents is 1. The summed E-state index contributed by atoms with van der Waals surface area (Å²) in [5.74, 6) is 0.561. The number of rotatable bonds is 6. The number of aryl methyl sites for hydroxylation is 2. The van der Waals surface area contributed by atoms with Gasteiger partial charge in [-0.3, -0.25) is 10.1 Å². The fourth-order valence-electron chi connectivity index (χ4n) is 3.32. The van der Waals surface area contributed by atoms with Gasteiger partial charge in [-0.05, 0) is 61.4 Å². The standard InChI is InChI=1S/C24H20N4O4/c1-16-14-19(25-22-12-13-27(26-22)20-6-4-3-5-7-20)15-17(2)23(16)32-24(29)18-8-10-21(11-9-18)28(30)31/h3-15H,1-2H3,(H,25,26). The van der Waals surface area contributed by atoms with E-state index in [1.54, 1.807) is 4.68 Å². The topological polar surface area (TPSA) is 99.3 Å². The molecular weight excluding hydrogens is 408 g/mol. The predicted octanol–water partition coefficient (Wildman–Crippen LogP) is 5.36. The summed E-state index contributed by atoms with van der Waals surface area (Å²) in [6.45, 7) is 3.69. The Morgan fingerprint density at radius 1 is 1.00 bits per heavy atom. The van der Waals surface area contributed by atoms with Crippen molar-refractivity contribution in [2.24, 2.45) is 0 Å². The third-order valence-electron chi connectivity index (χ3n) is 4.85. The minimum absolute atomic E-state index is 0.0842. The number of nitrogens with one attached hydrogen (secondary N) is 1. The average molecular weight is 428 g/mol. The number of carbonyl (C=O) groups excluding carboxylic acids is 1. The summed E-state index contributed by atoms with van der Waals surface area (Å²) in [5.41, 5.74) is 3.47. The highest BCUT2D eigenvalue weighted by atomic mass is 16.6. The van der Waals surface area contributed by atoms with Gasteiger partial charge in [0.05, 0.1) is 16.2 Å². The molecule has 0 saturated carbocycles. The van der Waals surface area contributed by atoms with Crippen molar-refractivity contribution in [2.45, 2.75) is 13.8 Å². The minimum Gasteiger partial charge on any atom is -0.422 e. The van der Waals surface area contributed by atoms with Crippen molar-refractivity contribution < 1.29 is 14.5 Å². The summed E-state index contributed by atoms with van der Waals surface area (Å²) in [7, 11) is 0. The van der Waals surface area contributed by atoms with Crippen LogP contribution in [0.3, 0.4) is 0 Å². The smallest absolute Gasteiger partial charge is 0.343 e. The number of carbonyl (C=O) groups is 1. The SMILES string of the molecule is Cc1cc(Nc2ccn(-c3ccccc3)n2)cc(C)c1OC(=O)c1ccc([N+](=O)[O-])cc1. The molecule has 0 aliphatic carbocycles. The summed E-state index contributed by atoms with van der Waals surface area (Å²) in [6, 6.07) is 20.7. The molecule has 0 aliphatic heterocycles. The predicted molar refractivity (Wildman–Crippen MR) is 121 cm³/mol. The highest BCUT2D eigenvalue weighted by Crippen LogP contribution is 2.29. The molecule has 1 N–H and O–H groups in total. The highest BCUT2D eigenvalue weighted by Gasteiger charge is 2.15. The van der Waals surface area contributed by atoms with Crippen LogP contribution in [0.1, 0.15) is 21.5 Å². The number of anilines is 2. The van der Waals surface area contributed by atoms with E-state index in [4.69, 9.17) is 4.74 Å². The molecule has 8 heteroatoms. The van der Waals surface area contributed by atoms with Crippen LogP contribution in [0.25, 0.3) is 5.69 Å². The number of ether oxygens (including phenoxy) is 1. The number of nitrogens with zero attached hydrogens (tertiary/aromatic N) is 3. The second-order valence-corrected chi connectivity index (χ2v) is 7.24. The van der Waals surface area contributed by atoms with E-state index in [0.717, 1.165) is 22.5 Å². The van der Waals surface area contributed by atoms with Gasteiger partial charge in [0.2, 0.25) is 0 Å². The summed E-state index contributed by atoms with van der Waals surface area (Å²) >= 11 is 0. The lowest BCUT2D eigenvalue weighted by molar-refractivity contribution is -0.384. The maximum absolute atomic E-state index is 12.5. The molecule has 0 atom stereocenters. The zero-order chi connectivity index (χ0) is 22.7. The minimum atomic E-state index is -0.576. The van der Waals surface area contributed by atoms with Gasteiger partial charge >= 0.3 is 5.97 Å². The second kappa shape index (κ2) is 8.73. The zero-order valence-corrected chi connectivity index (χ0v) is 17.5. The molecule has 0 fully saturated rings. The lowest BCUT2D eigenvalue weighted by Gasteiger charge is -2.13. The average Bonchev–Trinajstić information content (AvgIpc) is 3.25. The third-order valence-corrected chi connectivity index (χ3v) is 4.85. The number of hydrogen-bond donors (Lipinski definition) is 1. The maximum atomic E-state index is 12.5. The van der Waals surface area contributed by atoms with Crippen molar-refractivity contribution in [2.75, 3.05) is 5.32 Å². The van der Waals surface area contributed by atoms with Crippen LogP contribution in [-0.2, 0) is 0 Å². The maximum Gasteiger partial charge on any atom is 0.343 e. The third kappa shape index (κ3) is 4.49. The van der Waals surface area contributed by atoms with E-state index in [9.17, 15) is 14.9 Å². The highest BCUT2D eigenvalue weighted by molar-refractivity contribution is 5.91. The van der Waals surface area contributed by atoms with Crippen molar-refractivity contribution in [3.05, 3.63) is 106 Å². The second-order valence-electron chi connectivity index (χ2n) is 7.24. The first-order valence-electron chi connectivity index (χ1n) is 9.87. The van der Waals surface area contributed by atoms with Gasteiger partial charge in [-0.25, -0.2) is 9.48 Å². The Labute approximate surface area is 184 Å². The van der Waals surface area contributed by atoms with Gasteiger partial charge in [-0.2, -0.15) is 5.10 Å².